The van der Waals surface area contributed by atoms with E-state index in [0.29, 0.717) is 12.1 Å². The molecule has 0 amide bonds. The molecule has 6 aliphatic rings. The lowest BCUT2D eigenvalue weighted by molar-refractivity contribution is -0.0438. The quantitative estimate of drug-likeness (QED) is 0.124. The van der Waals surface area contributed by atoms with Gasteiger partial charge in [0.2, 0.25) is 0 Å². The standard InChI is InChI=1S/C16H30O8Si3.C6H14O3Si.C5H12O3.16C2H6/c1-11-16-12(2)21-26(4,9-14-6-18-14)24-27(22-16,10-15-7-19-15)23-25(3,20-11)8-13-5-17-13;1-7-10(3,8-2)5-6-4-9-6;1-3(6)5(8)4(2)7;16*1-2/h11-16H,5-10H2,1-4H3;6H,4-5H2,1-3H3;3-8H,1-2H3;16*1-2H3. The number of aliphatic hydroxyl groups excluding tert-OH is 3. The maximum atomic E-state index is 8.70. The van der Waals surface area contributed by atoms with E-state index < -0.39 is 52.8 Å². The van der Waals surface area contributed by atoms with Gasteiger partial charge < -0.3 is 64.6 Å². The van der Waals surface area contributed by atoms with Gasteiger partial charge in [-0.1, -0.05) is 222 Å². The summed E-state index contributed by atoms with van der Waals surface area (Å²) in [5, 5.41) is 25.9. The van der Waals surface area contributed by atoms with Gasteiger partial charge in [-0.3, -0.25) is 0 Å². The van der Waals surface area contributed by atoms with Crippen LogP contribution >= 0.6 is 0 Å². The van der Waals surface area contributed by atoms with Gasteiger partial charge in [0.25, 0.3) is 0 Å². The number of rotatable bonds is 12. The third-order valence-corrected chi connectivity index (χ3v) is 23.2. The van der Waals surface area contributed by atoms with Crippen molar-refractivity contribution < 1.29 is 64.6 Å². The van der Waals surface area contributed by atoms with Gasteiger partial charge in [-0.15, -0.1) is 0 Å². The summed E-state index contributed by atoms with van der Waals surface area (Å²) in [6.07, 6.45) is -2.08. The van der Waals surface area contributed by atoms with Crippen LogP contribution in [-0.2, 0) is 49.3 Å². The SMILES string of the molecule is CC.CC.CC.CC.CC.CC.CC.CC.CC.CC.CC.CC.CC.CC.CC.CC.CC(O)C(O)C(C)O.CC1O[Si](C)(CC2CO2)O[Si]2(CC3CO3)OC1C(C)O[Si](C)(CC1CO1)O2.CO[Si](C)(CC1CO1)OC. The lowest BCUT2D eigenvalue weighted by Gasteiger charge is -2.39. The van der Waals surface area contributed by atoms with Gasteiger partial charge in [-0.05, 0) is 47.3 Å². The Morgan fingerprint density at radius 3 is 0.818 bits per heavy atom. The molecule has 0 aliphatic carbocycles. The molecule has 6 rings (SSSR count). The Labute approximate surface area is 491 Å². The zero-order valence-corrected chi connectivity index (χ0v) is 64.3. The molecule has 10 unspecified atom stereocenters. The van der Waals surface area contributed by atoms with Crippen molar-refractivity contribution in [2.24, 2.45) is 0 Å². The third-order valence-electron chi connectivity index (χ3n) is 8.59. The van der Waals surface area contributed by atoms with Gasteiger partial charge in [-0.2, -0.15) is 0 Å². The van der Waals surface area contributed by atoms with Crippen LogP contribution in [0.4, 0.5) is 0 Å². The van der Waals surface area contributed by atoms with E-state index in [-0.39, 0.29) is 36.6 Å². The van der Waals surface area contributed by atoms with Crippen molar-refractivity contribution in [3.05, 3.63) is 0 Å². The summed E-state index contributed by atoms with van der Waals surface area (Å²) in [6.45, 7) is 80.5. The lowest BCUT2D eigenvalue weighted by atomic mass is 10.1. The first-order chi connectivity index (χ1) is 37.0. The molecule has 6 saturated heterocycles. The fraction of sp³-hybridized carbons (Fsp3) is 1.00. The molecule has 6 heterocycles. The molecule has 77 heavy (non-hydrogen) atoms. The number of epoxide rings is 4. The zero-order chi connectivity index (χ0) is 65.2. The Kier molecular flexibility index (Phi) is 114. The summed E-state index contributed by atoms with van der Waals surface area (Å²) in [5.74, 6) is 0. The molecule has 6 aliphatic heterocycles. The Bertz CT molecular complexity index is 904. The number of hydrogen-bond acceptors (Lipinski definition) is 14. The maximum absolute atomic E-state index is 8.70. The zero-order valence-electron chi connectivity index (χ0n) is 60.3. The number of fused-ring (bicyclic) bond motifs is 2. The summed E-state index contributed by atoms with van der Waals surface area (Å²) in [6, 6.07) is 3.27. The molecular formula is C59H152O14Si4. The van der Waals surface area contributed by atoms with Crippen molar-refractivity contribution in [2.45, 2.75) is 354 Å². The summed E-state index contributed by atoms with van der Waals surface area (Å²) in [5.41, 5.74) is 0. The predicted octanol–water partition coefficient (Wildman–Crippen LogP) is 17.8. The van der Waals surface area contributed by atoms with E-state index in [2.05, 4.69) is 33.5 Å². The Balaban J connectivity index is -0.0000000631. The minimum atomic E-state index is -3.03. The normalized spacial score (nSPS) is 26.7. The number of hydrogen-bond donors (Lipinski definition) is 3. The highest BCUT2D eigenvalue weighted by molar-refractivity contribution is 6.84. The minimum absolute atomic E-state index is 0.109. The largest absolute Gasteiger partial charge is 0.486 e. The molecule has 0 aromatic heterocycles. The topological polar surface area (TPSA) is 175 Å². The fourth-order valence-corrected chi connectivity index (χ4v) is 21.0. The van der Waals surface area contributed by atoms with Crippen molar-refractivity contribution in [1.82, 2.24) is 0 Å². The van der Waals surface area contributed by atoms with Crippen molar-refractivity contribution in [3.8, 4) is 0 Å². The van der Waals surface area contributed by atoms with Crippen molar-refractivity contribution in [2.75, 3.05) is 40.6 Å². The molecule has 0 aromatic rings. The highest BCUT2D eigenvalue weighted by atomic mass is 28.5. The van der Waals surface area contributed by atoms with Crippen molar-refractivity contribution >= 4 is 34.5 Å². The molecule has 0 spiro atoms. The average molecular weight is 1200 g/mol. The van der Waals surface area contributed by atoms with E-state index in [4.69, 9.17) is 64.6 Å². The van der Waals surface area contributed by atoms with Crippen molar-refractivity contribution in [3.63, 3.8) is 0 Å². The molecule has 2 bridgehead atoms. The predicted molar refractivity (Wildman–Crippen MR) is 352 cm³/mol. The van der Waals surface area contributed by atoms with Gasteiger partial charge in [0, 0.05) is 38.4 Å². The van der Waals surface area contributed by atoms with Crippen LogP contribution in [0.3, 0.4) is 0 Å². The van der Waals surface area contributed by atoms with E-state index in [1.165, 1.54) is 13.8 Å². The van der Waals surface area contributed by atoms with Crippen molar-refractivity contribution in [1.29, 1.82) is 0 Å². The second kappa shape index (κ2) is 80.5. The lowest BCUT2D eigenvalue weighted by Crippen LogP contribution is -2.60. The van der Waals surface area contributed by atoms with E-state index in [1.54, 1.807) is 14.2 Å². The molecule has 14 nitrogen and oxygen atoms in total. The second-order valence-electron chi connectivity index (χ2n) is 13.5. The maximum Gasteiger partial charge on any atom is 0.486 e. The van der Waals surface area contributed by atoms with Crippen LogP contribution in [0.1, 0.15) is 249 Å². The Morgan fingerprint density at radius 2 is 0.636 bits per heavy atom. The van der Waals surface area contributed by atoms with Crippen LogP contribution in [-0.4, -0.2) is 151 Å². The molecular weight excluding hydrogens is 1040 g/mol. The summed E-state index contributed by atoms with van der Waals surface area (Å²) >= 11 is 0. The highest BCUT2D eigenvalue weighted by Gasteiger charge is 2.64. The average Bonchev–Trinajstić information content (AvgIpc) is 4.21. The Morgan fingerprint density at radius 1 is 0.416 bits per heavy atom. The van der Waals surface area contributed by atoms with Crippen LogP contribution in [0.2, 0.25) is 43.8 Å². The first-order valence-electron chi connectivity index (χ1n) is 32.1. The third kappa shape index (κ3) is 63.7. The summed E-state index contributed by atoms with van der Waals surface area (Å²) in [4.78, 5) is 0. The summed E-state index contributed by atoms with van der Waals surface area (Å²) < 4.78 is 65.5. The molecule has 3 N–H and O–H groups in total. The molecule has 6 fully saturated rings. The van der Waals surface area contributed by atoms with Gasteiger partial charge in [0.15, 0.2) is 0 Å². The molecule has 0 radical (unpaired) electrons. The summed E-state index contributed by atoms with van der Waals surface area (Å²) in [7, 11) is -6.48. The first kappa shape index (κ1) is 109. The molecule has 0 aromatic carbocycles. The number of ether oxygens (including phenoxy) is 4. The Hall–Kier alpha value is 0.308. The van der Waals surface area contributed by atoms with Gasteiger partial charge >= 0.3 is 34.5 Å². The van der Waals surface area contributed by atoms with Crippen LogP contribution in [0.5, 0.6) is 0 Å². The first-order valence-corrected chi connectivity index (χ1v) is 41.6. The van der Waals surface area contributed by atoms with Crippen LogP contribution in [0, 0.1) is 0 Å². The fourth-order valence-electron chi connectivity index (χ4n) is 5.70. The van der Waals surface area contributed by atoms with E-state index in [0.717, 1.165) is 44.6 Å². The highest BCUT2D eigenvalue weighted by Crippen LogP contribution is 2.43. The van der Waals surface area contributed by atoms with E-state index in [1.807, 2.05) is 222 Å². The van der Waals surface area contributed by atoms with E-state index in [9.17, 15) is 0 Å². The molecule has 0 saturated carbocycles. The molecule has 488 valence electrons. The van der Waals surface area contributed by atoms with Gasteiger partial charge in [0.05, 0.1) is 81.4 Å². The monoisotopic (exact) mass is 1200 g/mol. The van der Waals surface area contributed by atoms with E-state index >= 15 is 0 Å². The smallest absolute Gasteiger partial charge is 0.398 e. The number of aliphatic hydroxyl groups is 3. The molecule has 10 atom stereocenters. The molecule has 18 heteroatoms. The minimum Gasteiger partial charge on any atom is -0.398 e. The van der Waals surface area contributed by atoms with Gasteiger partial charge in [0.1, 0.15) is 6.10 Å². The van der Waals surface area contributed by atoms with Crippen LogP contribution < -0.4 is 0 Å². The van der Waals surface area contributed by atoms with Gasteiger partial charge in [-0.25, -0.2) is 0 Å². The second-order valence-corrected chi connectivity index (χ2v) is 26.5. The van der Waals surface area contributed by atoms with Crippen LogP contribution in [0.15, 0.2) is 0 Å². The van der Waals surface area contributed by atoms with Crippen LogP contribution in [0.25, 0.3) is 0 Å².